The molecule has 1 aliphatic rings. The first-order valence-electron chi connectivity index (χ1n) is 6.30. The van der Waals surface area contributed by atoms with Gasteiger partial charge in [-0.15, -0.1) is 0 Å². The lowest BCUT2D eigenvalue weighted by molar-refractivity contribution is 0.268. The van der Waals surface area contributed by atoms with Crippen molar-refractivity contribution in [1.82, 2.24) is 0 Å². The molecule has 3 heteroatoms. The number of hydrogen-bond acceptors (Lipinski definition) is 1. The minimum Gasteiger partial charge on any atom is -0.381 e. The molecule has 2 rings (SSSR count). The molecule has 1 nitrogen and oxygen atoms in total. The van der Waals surface area contributed by atoms with Crippen molar-refractivity contribution in [2.45, 2.75) is 39.2 Å². The van der Waals surface area contributed by atoms with Crippen molar-refractivity contribution in [2.75, 3.05) is 5.32 Å². The molecule has 0 saturated heterocycles. The molecule has 0 radical (unpaired) electrons. The summed E-state index contributed by atoms with van der Waals surface area (Å²) in [4.78, 5) is 0. The molecule has 0 bridgehead atoms. The number of hydrogen-bond donors (Lipinski definition) is 1. The van der Waals surface area contributed by atoms with Gasteiger partial charge >= 0.3 is 0 Å². The smallest absolute Gasteiger partial charge is 0.0593 e. The minimum atomic E-state index is 0.554. The molecule has 1 fully saturated rings. The van der Waals surface area contributed by atoms with Crippen LogP contribution in [-0.2, 0) is 0 Å². The Morgan fingerprint density at radius 2 is 1.88 bits per heavy atom. The van der Waals surface area contributed by atoms with Gasteiger partial charge in [0.2, 0.25) is 0 Å². The summed E-state index contributed by atoms with van der Waals surface area (Å²) in [6.07, 6.45) is 4.00. The summed E-state index contributed by atoms with van der Waals surface area (Å²) in [5.74, 6) is 1.45. The fourth-order valence-corrected chi connectivity index (χ4v) is 3.31. The predicted octanol–water partition coefficient (Wildman–Crippen LogP) is 5.34. The summed E-state index contributed by atoms with van der Waals surface area (Å²) < 4.78 is 0.978. The van der Waals surface area contributed by atoms with E-state index in [0.717, 1.165) is 27.0 Å². The number of benzene rings is 1. The van der Waals surface area contributed by atoms with Crippen LogP contribution < -0.4 is 5.32 Å². The summed E-state index contributed by atoms with van der Waals surface area (Å²) in [5, 5.41) is 4.43. The number of nitrogens with one attached hydrogen (secondary N) is 1. The van der Waals surface area contributed by atoms with Crippen molar-refractivity contribution in [3.63, 3.8) is 0 Å². The van der Waals surface area contributed by atoms with Crippen molar-refractivity contribution in [1.29, 1.82) is 0 Å². The maximum absolute atomic E-state index is 6.12. The van der Waals surface area contributed by atoms with Gasteiger partial charge in [-0.2, -0.15) is 0 Å². The summed E-state index contributed by atoms with van der Waals surface area (Å²) in [6.45, 7) is 4.68. The van der Waals surface area contributed by atoms with Crippen molar-refractivity contribution in [3.05, 3.63) is 27.7 Å². The molecule has 17 heavy (non-hydrogen) atoms. The molecular weight excluding hydrogens is 298 g/mol. The SMILES string of the molecule is CC1CCCC(C)C1Nc1cccc(Cl)c1Br. The molecule has 1 N–H and O–H groups in total. The zero-order valence-electron chi connectivity index (χ0n) is 10.3. The lowest BCUT2D eigenvalue weighted by Gasteiger charge is -2.36. The average molecular weight is 317 g/mol. The van der Waals surface area contributed by atoms with Crippen LogP contribution in [0.4, 0.5) is 5.69 Å². The van der Waals surface area contributed by atoms with E-state index < -0.39 is 0 Å². The molecule has 0 heterocycles. The van der Waals surface area contributed by atoms with Crippen molar-refractivity contribution < 1.29 is 0 Å². The summed E-state index contributed by atoms with van der Waals surface area (Å²) in [5.41, 5.74) is 1.11. The van der Waals surface area contributed by atoms with E-state index in [4.69, 9.17) is 11.6 Å². The Morgan fingerprint density at radius 1 is 1.24 bits per heavy atom. The van der Waals surface area contributed by atoms with Gasteiger partial charge in [0.25, 0.3) is 0 Å². The second kappa shape index (κ2) is 5.62. The monoisotopic (exact) mass is 315 g/mol. The molecule has 0 aliphatic heterocycles. The lowest BCUT2D eigenvalue weighted by atomic mass is 9.78. The Labute approximate surface area is 117 Å². The molecule has 94 valence electrons. The molecule has 0 amide bonds. The molecule has 0 aromatic heterocycles. The Kier molecular flexibility index (Phi) is 4.37. The third kappa shape index (κ3) is 2.97. The average Bonchev–Trinajstić information content (AvgIpc) is 2.29. The largest absolute Gasteiger partial charge is 0.381 e. The fourth-order valence-electron chi connectivity index (χ4n) is 2.76. The number of rotatable bonds is 2. The van der Waals surface area contributed by atoms with Crippen LogP contribution in [0.2, 0.25) is 5.02 Å². The first-order valence-corrected chi connectivity index (χ1v) is 7.47. The Balaban J connectivity index is 2.16. The Bertz CT molecular complexity index is 384. The zero-order chi connectivity index (χ0) is 12.4. The van der Waals surface area contributed by atoms with Crippen molar-refractivity contribution >= 4 is 33.2 Å². The first-order chi connectivity index (χ1) is 8.09. The Hall–Kier alpha value is -0.210. The van der Waals surface area contributed by atoms with E-state index in [2.05, 4.69) is 41.2 Å². The fraction of sp³-hybridized carbons (Fsp3) is 0.571. The van der Waals surface area contributed by atoms with Crippen LogP contribution in [-0.4, -0.2) is 6.04 Å². The van der Waals surface area contributed by atoms with Gasteiger partial charge in [-0.1, -0.05) is 37.9 Å². The third-order valence-corrected chi connectivity index (χ3v) is 5.22. The van der Waals surface area contributed by atoms with Crippen LogP contribution in [0.1, 0.15) is 33.1 Å². The molecule has 1 aromatic carbocycles. The standard InChI is InChI=1S/C14H19BrClN/c1-9-5-3-6-10(2)14(9)17-12-8-4-7-11(16)13(12)15/h4,7-10,14,17H,3,5-6H2,1-2H3. The number of halogens is 2. The van der Waals surface area contributed by atoms with E-state index in [1.165, 1.54) is 19.3 Å². The zero-order valence-corrected chi connectivity index (χ0v) is 12.7. The van der Waals surface area contributed by atoms with Crippen LogP contribution in [0.25, 0.3) is 0 Å². The van der Waals surface area contributed by atoms with Gasteiger partial charge in [0.1, 0.15) is 0 Å². The van der Waals surface area contributed by atoms with Gasteiger partial charge < -0.3 is 5.32 Å². The van der Waals surface area contributed by atoms with Crippen LogP contribution >= 0.6 is 27.5 Å². The first kappa shape index (κ1) is 13.2. The third-order valence-electron chi connectivity index (χ3n) is 3.82. The van der Waals surface area contributed by atoms with Crippen LogP contribution in [0.15, 0.2) is 22.7 Å². The van der Waals surface area contributed by atoms with E-state index >= 15 is 0 Å². The van der Waals surface area contributed by atoms with E-state index in [9.17, 15) is 0 Å². The summed E-state index contributed by atoms with van der Waals surface area (Å²) >= 11 is 9.67. The second-order valence-corrected chi connectivity index (χ2v) is 6.36. The van der Waals surface area contributed by atoms with Crippen molar-refractivity contribution in [3.8, 4) is 0 Å². The van der Waals surface area contributed by atoms with E-state index in [1.807, 2.05) is 12.1 Å². The van der Waals surface area contributed by atoms with Crippen LogP contribution in [0.5, 0.6) is 0 Å². The molecule has 1 aliphatic carbocycles. The topological polar surface area (TPSA) is 12.0 Å². The van der Waals surface area contributed by atoms with Gasteiger partial charge in [0, 0.05) is 6.04 Å². The highest BCUT2D eigenvalue weighted by molar-refractivity contribution is 9.10. The molecule has 0 spiro atoms. The molecule has 2 unspecified atom stereocenters. The van der Waals surface area contributed by atoms with Crippen molar-refractivity contribution in [2.24, 2.45) is 11.8 Å². The van der Waals surface area contributed by atoms with E-state index in [0.29, 0.717) is 6.04 Å². The lowest BCUT2D eigenvalue weighted by Crippen LogP contribution is -2.37. The van der Waals surface area contributed by atoms with Gasteiger partial charge in [-0.05, 0) is 52.7 Å². The van der Waals surface area contributed by atoms with Gasteiger partial charge in [-0.25, -0.2) is 0 Å². The maximum Gasteiger partial charge on any atom is 0.0593 e. The van der Waals surface area contributed by atoms with Gasteiger partial charge in [-0.3, -0.25) is 0 Å². The van der Waals surface area contributed by atoms with Gasteiger partial charge in [0.15, 0.2) is 0 Å². The molecular formula is C14H19BrClN. The second-order valence-electron chi connectivity index (χ2n) is 5.16. The molecule has 2 atom stereocenters. The summed E-state index contributed by atoms with van der Waals surface area (Å²) in [6, 6.07) is 6.54. The highest BCUT2D eigenvalue weighted by Crippen LogP contribution is 2.35. The van der Waals surface area contributed by atoms with Crippen LogP contribution in [0.3, 0.4) is 0 Å². The maximum atomic E-state index is 6.12. The quantitative estimate of drug-likeness (QED) is 0.776. The highest BCUT2D eigenvalue weighted by atomic mass is 79.9. The molecule has 1 saturated carbocycles. The van der Waals surface area contributed by atoms with E-state index in [1.54, 1.807) is 0 Å². The van der Waals surface area contributed by atoms with Gasteiger partial charge in [0.05, 0.1) is 15.2 Å². The summed E-state index contributed by atoms with van der Waals surface area (Å²) in [7, 11) is 0. The Morgan fingerprint density at radius 3 is 2.53 bits per heavy atom. The highest BCUT2D eigenvalue weighted by Gasteiger charge is 2.27. The predicted molar refractivity (Wildman–Crippen MR) is 78.7 cm³/mol. The minimum absolute atomic E-state index is 0.554. The number of anilines is 1. The normalized spacial score (nSPS) is 29.1. The van der Waals surface area contributed by atoms with E-state index in [-0.39, 0.29) is 0 Å². The molecule has 1 aromatic rings. The van der Waals surface area contributed by atoms with Crippen LogP contribution in [0, 0.1) is 11.8 Å².